The molecule has 0 aromatic heterocycles. The van der Waals surface area contributed by atoms with Crippen LogP contribution in [0.2, 0.25) is 0 Å². The fourth-order valence-electron chi connectivity index (χ4n) is 4.89. The van der Waals surface area contributed by atoms with Gasteiger partial charge in [0.25, 0.3) is 0 Å². The van der Waals surface area contributed by atoms with Gasteiger partial charge in [-0.15, -0.1) is 12.4 Å². The van der Waals surface area contributed by atoms with Gasteiger partial charge in [0.2, 0.25) is 11.8 Å². The number of nitrogens with one attached hydrogen (secondary N) is 1. The Bertz CT molecular complexity index is 438. The van der Waals surface area contributed by atoms with Crippen molar-refractivity contribution in [2.75, 3.05) is 19.6 Å². The van der Waals surface area contributed by atoms with Crippen LogP contribution in [0.1, 0.15) is 51.9 Å². The highest BCUT2D eigenvalue weighted by Crippen LogP contribution is 2.42. The monoisotopic (exact) mass is 357 g/mol. The Morgan fingerprint density at radius 1 is 1.08 bits per heavy atom. The van der Waals surface area contributed by atoms with E-state index < -0.39 is 0 Å². The molecule has 2 saturated carbocycles. The lowest BCUT2D eigenvalue weighted by atomic mass is 9.65. The molecule has 2 amide bonds. The van der Waals surface area contributed by atoms with E-state index in [4.69, 9.17) is 5.73 Å². The fraction of sp³-hybridized carbons (Fsp3) is 0.889. The standard InChI is InChI=1S/C18H31N3O2.ClH/c1-12(22)20-11-13-5-7-21(8-6-13)18(23)16-9-14-3-2-4-15(10-16)17(14)19;/h13-17H,2-11,19H2,1H3,(H,20,22);1H. The molecule has 2 unspecified atom stereocenters. The molecule has 5 nitrogen and oxygen atoms in total. The second-order valence-electron chi connectivity index (χ2n) is 7.90. The van der Waals surface area contributed by atoms with E-state index in [2.05, 4.69) is 10.2 Å². The zero-order valence-corrected chi connectivity index (χ0v) is 15.5. The van der Waals surface area contributed by atoms with Crippen molar-refractivity contribution in [3.05, 3.63) is 0 Å². The molecular formula is C18H32ClN3O2. The van der Waals surface area contributed by atoms with E-state index in [-0.39, 0.29) is 24.2 Å². The lowest BCUT2D eigenvalue weighted by molar-refractivity contribution is -0.140. The molecule has 0 spiro atoms. The third kappa shape index (κ3) is 4.42. The average Bonchev–Trinajstić information content (AvgIpc) is 2.52. The van der Waals surface area contributed by atoms with Gasteiger partial charge in [-0.2, -0.15) is 0 Å². The van der Waals surface area contributed by atoms with Crippen LogP contribution in [0.15, 0.2) is 0 Å². The van der Waals surface area contributed by atoms with Crippen LogP contribution >= 0.6 is 12.4 Å². The Hall–Kier alpha value is -0.810. The highest BCUT2D eigenvalue weighted by molar-refractivity contribution is 5.85. The number of rotatable bonds is 3. The predicted molar refractivity (Wildman–Crippen MR) is 96.8 cm³/mol. The van der Waals surface area contributed by atoms with Crippen LogP contribution in [0.25, 0.3) is 0 Å². The Balaban J connectivity index is 0.00000208. The van der Waals surface area contributed by atoms with Crippen molar-refractivity contribution >= 4 is 24.2 Å². The molecule has 0 aromatic carbocycles. The normalized spacial score (nSPS) is 33.5. The van der Waals surface area contributed by atoms with Gasteiger partial charge >= 0.3 is 0 Å². The summed E-state index contributed by atoms with van der Waals surface area (Å²) < 4.78 is 0. The molecule has 0 aromatic rings. The maximum atomic E-state index is 12.9. The minimum absolute atomic E-state index is 0. The Kier molecular flexibility index (Phi) is 6.93. The quantitative estimate of drug-likeness (QED) is 0.810. The Morgan fingerprint density at radius 3 is 2.21 bits per heavy atom. The molecular weight excluding hydrogens is 326 g/mol. The molecule has 2 bridgehead atoms. The van der Waals surface area contributed by atoms with Crippen molar-refractivity contribution in [2.24, 2.45) is 29.4 Å². The van der Waals surface area contributed by atoms with E-state index >= 15 is 0 Å². The number of nitrogens with two attached hydrogens (primary N) is 1. The summed E-state index contributed by atoms with van der Waals surface area (Å²) in [7, 11) is 0. The van der Waals surface area contributed by atoms with E-state index in [0.29, 0.717) is 29.7 Å². The molecule has 3 rings (SSSR count). The molecule has 1 heterocycles. The molecule has 1 saturated heterocycles. The van der Waals surface area contributed by atoms with E-state index in [0.717, 1.165) is 45.3 Å². The number of amides is 2. The summed E-state index contributed by atoms with van der Waals surface area (Å²) in [6.45, 7) is 4.01. The largest absolute Gasteiger partial charge is 0.356 e. The molecule has 3 fully saturated rings. The fourth-order valence-corrected chi connectivity index (χ4v) is 4.89. The number of hydrogen-bond acceptors (Lipinski definition) is 3. The third-order valence-electron chi connectivity index (χ3n) is 6.33. The van der Waals surface area contributed by atoms with Crippen molar-refractivity contribution < 1.29 is 9.59 Å². The van der Waals surface area contributed by atoms with Gasteiger partial charge in [-0.05, 0) is 56.3 Å². The summed E-state index contributed by atoms with van der Waals surface area (Å²) in [6.07, 6.45) is 7.72. The van der Waals surface area contributed by atoms with Crippen LogP contribution in [0.4, 0.5) is 0 Å². The van der Waals surface area contributed by atoms with E-state index in [1.54, 1.807) is 6.92 Å². The van der Waals surface area contributed by atoms with Gasteiger partial charge < -0.3 is 16.0 Å². The topological polar surface area (TPSA) is 75.4 Å². The molecule has 2 aliphatic carbocycles. The third-order valence-corrected chi connectivity index (χ3v) is 6.33. The molecule has 3 N–H and O–H groups in total. The summed E-state index contributed by atoms with van der Waals surface area (Å²) in [5, 5.41) is 2.90. The average molecular weight is 358 g/mol. The predicted octanol–water partition coefficient (Wildman–Crippen LogP) is 1.94. The molecule has 2 atom stereocenters. The van der Waals surface area contributed by atoms with Gasteiger partial charge in [0.1, 0.15) is 0 Å². The first kappa shape index (κ1) is 19.5. The maximum Gasteiger partial charge on any atom is 0.225 e. The van der Waals surface area contributed by atoms with Crippen LogP contribution < -0.4 is 11.1 Å². The first-order chi connectivity index (χ1) is 11.0. The van der Waals surface area contributed by atoms with Crippen molar-refractivity contribution in [1.82, 2.24) is 10.2 Å². The molecule has 6 heteroatoms. The second-order valence-corrected chi connectivity index (χ2v) is 7.90. The van der Waals surface area contributed by atoms with E-state index in [1.807, 2.05) is 0 Å². The Labute approximate surface area is 151 Å². The lowest BCUT2D eigenvalue weighted by Gasteiger charge is -2.45. The van der Waals surface area contributed by atoms with Crippen molar-refractivity contribution in [3.8, 4) is 0 Å². The number of piperidine rings is 1. The summed E-state index contributed by atoms with van der Waals surface area (Å²) in [4.78, 5) is 26.0. The van der Waals surface area contributed by atoms with Crippen LogP contribution in [0, 0.1) is 23.7 Å². The molecule has 0 radical (unpaired) electrons. The lowest BCUT2D eigenvalue weighted by Crippen LogP contribution is -2.51. The molecule has 24 heavy (non-hydrogen) atoms. The zero-order chi connectivity index (χ0) is 16.4. The van der Waals surface area contributed by atoms with E-state index in [1.165, 1.54) is 19.3 Å². The van der Waals surface area contributed by atoms with Crippen LogP contribution in [-0.2, 0) is 9.59 Å². The minimum Gasteiger partial charge on any atom is -0.356 e. The van der Waals surface area contributed by atoms with Crippen molar-refractivity contribution in [1.29, 1.82) is 0 Å². The van der Waals surface area contributed by atoms with E-state index in [9.17, 15) is 9.59 Å². The summed E-state index contributed by atoms with van der Waals surface area (Å²) >= 11 is 0. The number of likely N-dealkylation sites (tertiary alicyclic amines) is 1. The molecule has 3 aliphatic rings. The van der Waals surface area contributed by atoms with Gasteiger partial charge in [0.05, 0.1) is 0 Å². The van der Waals surface area contributed by atoms with Gasteiger partial charge in [0, 0.05) is 38.5 Å². The molecule has 1 aliphatic heterocycles. The maximum absolute atomic E-state index is 12.9. The van der Waals surface area contributed by atoms with Crippen LogP contribution in [-0.4, -0.2) is 42.4 Å². The number of fused-ring (bicyclic) bond motifs is 2. The van der Waals surface area contributed by atoms with Crippen molar-refractivity contribution in [3.63, 3.8) is 0 Å². The van der Waals surface area contributed by atoms with Crippen LogP contribution in [0.3, 0.4) is 0 Å². The second kappa shape index (κ2) is 8.52. The van der Waals surface area contributed by atoms with Crippen molar-refractivity contribution in [2.45, 2.75) is 57.9 Å². The Morgan fingerprint density at radius 2 is 1.67 bits per heavy atom. The van der Waals surface area contributed by atoms with Gasteiger partial charge in [-0.3, -0.25) is 9.59 Å². The number of nitrogens with zero attached hydrogens (tertiary/aromatic N) is 1. The highest BCUT2D eigenvalue weighted by Gasteiger charge is 2.41. The van der Waals surface area contributed by atoms with Gasteiger partial charge in [0.15, 0.2) is 0 Å². The first-order valence-corrected chi connectivity index (χ1v) is 9.33. The SMILES string of the molecule is CC(=O)NCC1CCN(C(=O)C2CC3CCCC(C2)C3N)CC1.Cl. The summed E-state index contributed by atoms with van der Waals surface area (Å²) in [6, 6.07) is 0.330. The highest BCUT2D eigenvalue weighted by atomic mass is 35.5. The summed E-state index contributed by atoms with van der Waals surface area (Å²) in [5.74, 6) is 2.25. The molecule has 138 valence electrons. The summed E-state index contributed by atoms with van der Waals surface area (Å²) in [5.41, 5.74) is 6.34. The number of halogens is 1. The zero-order valence-electron chi connectivity index (χ0n) is 14.7. The minimum atomic E-state index is 0. The smallest absolute Gasteiger partial charge is 0.225 e. The first-order valence-electron chi connectivity index (χ1n) is 9.33. The van der Waals surface area contributed by atoms with Gasteiger partial charge in [-0.1, -0.05) is 6.42 Å². The number of carbonyl (C=O) groups excluding carboxylic acids is 2. The number of carbonyl (C=O) groups is 2. The van der Waals surface area contributed by atoms with Crippen LogP contribution in [0.5, 0.6) is 0 Å². The van der Waals surface area contributed by atoms with Gasteiger partial charge in [-0.25, -0.2) is 0 Å². The number of hydrogen-bond donors (Lipinski definition) is 2.